The maximum absolute atomic E-state index is 8.58. The molecule has 3 N–H and O–H groups in total. The van der Waals surface area contributed by atoms with Crippen molar-refractivity contribution in [2.45, 2.75) is 0 Å². The van der Waals surface area contributed by atoms with E-state index < -0.39 is 0 Å². The van der Waals surface area contributed by atoms with Gasteiger partial charge in [-0.2, -0.15) is 0 Å². The molecule has 6 heteroatoms. The van der Waals surface area contributed by atoms with Crippen LogP contribution in [0.5, 0.6) is 0 Å². The van der Waals surface area contributed by atoms with Crippen LogP contribution in [0, 0.1) is 0 Å². The van der Waals surface area contributed by atoms with Gasteiger partial charge in [0.15, 0.2) is 5.84 Å². The van der Waals surface area contributed by atoms with Crippen LogP contribution in [0.1, 0.15) is 0 Å². The van der Waals surface area contributed by atoms with E-state index in [1.165, 1.54) is 0 Å². The van der Waals surface area contributed by atoms with Crippen LogP contribution in [0.15, 0.2) is 34.4 Å². The molecule has 0 saturated carbocycles. The van der Waals surface area contributed by atoms with E-state index in [-0.39, 0.29) is 5.84 Å². The van der Waals surface area contributed by atoms with E-state index in [1.807, 2.05) is 0 Å². The van der Waals surface area contributed by atoms with E-state index in [1.54, 1.807) is 29.7 Å². The van der Waals surface area contributed by atoms with E-state index in [4.69, 9.17) is 22.0 Å². The fraction of sp³-hybridized carbons (Fsp3) is 0. The maximum atomic E-state index is 8.58. The maximum Gasteiger partial charge on any atom is 0.172 e. The van der Waals surface area contributed by atoms with Gasteiger partial charge < -0.3 is 5.21 Å². The molecule has 74 valence electrons. The van der Waals surface area contributed by atoms with Gasteiger partial charge in [-0.3, -0.25) is 10.7 Å². The second kappa shape index (κ2) is 5.21. The van der Waals surface area contributed by atoms with Gasteiger partial charge in [0, 0.05) is 0 Å². The summed E-state index contributed by atoms with van der Waals surface area (Å²) in [4.78, 5) is 3.88. The van der Waals surface area contributed by atoms with Crippen molar-refractivity contribution in [2.75, 3.05) is 0 Å². The third kappa shape index (κ3) is 2.72. The first-order chi connectivity index (χ1) is 6.77. The molecule has 1 aromatic carbocycles. The number of nitrogens with one attached hydrogen (secondary N) is 1. The van der Waals surface area contributed by atoms with Gasteiger partial charge in [0.1, 0.15) is 6.21 Å². The van der Waals surface area contributed by atoms with E-state index in [0.717, 1.165) is 6.21 Å². The van der Waals surface area contributed by atoms with Gasteiger partial charge >= 0.3 is 0 Å². The number of hydroxylamine groups is 1. The normalized spacial score (nSPS) is 12.0. The van der Waals surface area contributed by atoms with Crippen LogP contribution < -0.4 is 5.48 Å². The molecule has 0 fully saturated rings. The van der Waals surface area contributed by atoms with E-state index in [9.17, 15) is 0 Å². The molecule has 0 atom stereocenters. The molecule has 0 bridgehead atoms. The molecule has 0 aliphatic carbocycles. The second-order valence-electron chi connectivity index (χ2n) is 2.30. The first kappa shape index (κ1) is 10.5. The molecule has 14 heavy (non-hydrogen) atoms. The molecule has 0 saturated heterocycles. The molecule has 0 heterocycles. The number of benzene rings is 1. The molecular formula is C8H8ClN3O2. The zero-order valence-corrected chi connectivity index (χ0v) is 7.81. The number of hydrogen-bond donors (Lipinski definition) is 3. The smallest absolute Gasteiger partial charge is 0.172 e. The van der Waals surface area contributed by atoms with Crippen molar-refractivity contribution in [3.05, 3.63) is 29.3 Å². The SMILES string of the molecule is O/N=C/C(=Nc1ccccc1Cl)NO. The van der Waals surface area contributed by atoms with Gasteiger partial charge in [-0.15, -0.1) is 0 Å². The van der Waals surface area contributed by atoms with E-state index in [2.05, 4.69) is 10.1 Å². The molecule has 5 nitrogen and oxygen atoms in total. The highest BCUT2D eigenvalue weighted by molar-refractivity contribution is 6.34. The predicted octanol–water partition coefficient (Wildman–Crippen LogP) is 1.81. The summed E-state index contributed by atoms with van der Waals surface area (Å²) in [5.74, 6) is -0.0133. The first-order valence-corrected chi connectivity index (χ1v) is 4.06. The Hall–Kier alpha value is -1.59. The van der Waals surface area contributed by atoms with Crippen molar-refractivity contribution >= 4 is 29.3 Å². The van der Waals surface area contributed by atoms with Crippen LogP contribution in [-0.2, 0) is 0 Å². The van der Waals surface area contributed by atoms with Gasteiger partial charge in [-0.05, 0) is 12.1 Å². The lowest BCUT2D eigenvalue weighted by atomic mass is 10.3. The predicted molar refractivity (Wildman–Crippen MR) is 53.7 cm³/mol. The molecule has 0 unspecified atom stereocenters. The van der Waals surface area contributed by atoms with Gasteiger partial charge in [0.25, 0.3) is 0 Å². The Morgan fingerprint density at radius 2 is 2.14 bits per heavy atom. The third-order valence-electron chi connectivity index (χ3n) is 1.39. The zero-order chi connectivity index (χ0) is 10.4. The highest BCUT2D eigenvalue weighted by atomic mass is 35.5. The van der Waals surface area contributed by atoms with Crippen LogP contribution in [0.3, 0.4) is 0 Å². The highest BCUT2D eigenvalue weighted by Crippen LogP contribution is 2.23. The summed E-state index contributed by atoms with van der Waals surface area (Å²) >= 11 is 5.80. The molecule has 1 rings (SSSR count). The largest absolute Gasteiger partial charge is 0.411 e. The fourth-order valence-corrected chi connectivity index (χ4v) is 0.988. The Morgan fingerprint density at radius 3 is 2.71 bits per heavy atom. The van der Waals surface area contributed by atoms with Gasteiger partial charge in [0.2, 0.25) is 0 Å². The minimum Gasteiger partial charge on any atom is -0.411 e. The lowest BCUT2D eigenvalue weighted by Gasteiger charge is -1.99. The Bertz CT molecular complexity index is 365. The van der Waals surface area contributed by atoms with Crippen molar-refractivity contribution in [2.24, 2.45) is 10.1 Å². The number of hydrogen-bond acceptors (Lipinski definition) is 4. The number of aliphatic imine (C=N–C) groups is 1. The Morgan fingerprint density at radius 1 is 1.43 bits per heavy atom. The molecule has 0 radical (unpaired) electrons. The highest BCUT2D eigenvalue weighted by Gasteiger charge is 1.98. The summed E-state index contributed by atoms with van der Waals surface area (Å²) in [6.45, 7) is 0. The Balaban J connectivity index is 3.00. The van der Waals surface area contributed by atoms with Crippen LogP contribution in [0.2, 0.25) is 5.02 Å². The zero-order valence-electron chi connectivity index (χ0n) is 7.05. The fourth-order valence-electron chi connectivity index (χ4n) is 0.810. The molecule has 1 aromatic rings. The number of halogens is 1. The summed E-state index contributed by atoms with van der Waals surface area (Å²) in [5, 5.41) is 20.0. The number of nitrogens with zero attached hydrogens (tertiary/aromatic N) is 2. The summed E-state index contributed by atoms with van der Waals surface area (Å²) in [6.07, 6.45) is 0.948. The van der Waals surface area contributed by atoms with Crippen molar-refractivity contribution < 1.29 is 10.4 Å². The number of oxime groups is 1. The van der Waals surface area contributed by atoms with Crippen molar-refractivity contribution in [3.8, 4) is 0 Å². The summed E-state index contributed by atoms with van der Waals surface area (Å²) < 4.78 is 0. The van der Waals surface area contributed by atoms with Gasteiger partial charge in [-0.25, -0.2) is 4.99 Å². The third-order valence-corrected chi connectivity index (χ3v) is 1.71. The first-order valence-electron chi connectivity index (χ1n) is 3.68. The molecule has 0 aliphatic heterocycles. The van der Waals surface area contributed by atoms with Crippen molar-refractivity contribution in [1.29, 1.82) is 0 Å². The van der Waals surface area contributed by atoms with Crippen LogP contribution in [0.25, 0.3) is 0 Å². The Labute approximate surface area is 85.3 Å². The Kier molecular flexibility index (Phi) is 3.90. The summed E-state index contributed by atoms with van der Waals surface area (Å²) in [6, 6.07) is 6.82. The number of amidine groups is 1. The average Bonchev–Trinajstić information content (AvgIpc) is 2.20. The van der Waals surface area contributed by atoms with E-state index in [0.29, 0.717) is 10.7 Å². The quantitative estimate of drug-likeness (QED) is 0.304. The van der Waals surface area contributed by atoms with Gasteiger partial charge in [-0.1, -0.05) is 28.9 Å². The van der Waals surface area contributed by atoms with Crippen LogP contribution in [0.4, 0.5) is 5.69 Å². The molecule has 0 aliphatic rings. The van der Waals surface area contributed by atoms with Crippen LogP contribution in [-0.4, -0.2) is 22.5 Å². The van der Waals surface area contributed by atoms with Crippen molar-refractivity contribution in [3.63, 3.8) is 0 Å². The van der Waals surface area contributed by atoms with E-state index >= 15 is 0 Å². The molecule has 0 spiro atoms. The summed E-state index contributed by atoms with van der Waals surface area (Å²) in [7, 11) is 0. The summed E-state index contributed by atoms with van der Waals surface area (Å²) in [5.41, 5.74) is 2.22. The lowest BCUT2D eigenvalue weighted by Crippen LogP contribution is -2.19. The number of para-hydroxylation sites is 1. The standard InChI is InChI=1S/C8H8ClN3O2/c9-6-3-1-2-4-7(6)11-8(12-14)5-10-13/h1-5,13-14H,(H,11,12)/b10-5+. The topological polar surface area (TPSA) is 77.2 Å². The molecule has 0 amide bonds. The minimum atomic E-state index is -0.0133. The lowest BCUT2D eigenvalue weighted by molar-refractivity contribution is 0.236. The second-order valence-corrected chi connectivity index (χ2v) is 2.71. The molecular weight excluding hydrogens is 206 g/mol. The van der Waals surface area contributed by atoms with Crippen molar-refractivity contribution in [1.82, 2.24) is 5.48 Å². The average molecular weight is 214 g/mol. The monoisotopic (exact) mass is 213 g/mol. The minimum absolute atomic E-state index is 0.0133. The number of rotatable bonds is 2. The van der Waals surface area contributed by atoms with Crippen LogP contribution >= 0.6 is 11.6 Å². The van der Waals surface area contributed by atoms with Gasteiger partial charge in [0.05, 0.1) is 10.7 Å². The molecule has 0 aromatic heterocycles.